The van der Waals surface area contributed by atoms with Gasteiger partial charge in [0.1, 0.15) is 0 Å². The van der Waals surface area contributed by atoms with Crippen LogP contribution in [0.5, 0.6) is 0 Å². The van der Waals surface area contributed by atoms with E-state index in [9.17, 15) is 9.90 Å². The predicted molar refractivity (Wildman–Crippen MR) is 64.0 cm³/mol. The third-order valence-corrected chi connectivity index (χ3v) is 2.47. The van der Waals surface area contributed by atoms with Crippen LogP contribution in [0.1, 0.15) is 31.0 Å². The van der Waals surface area contributed by atoms with Gasteiger partial charge in [0.15, 0.2) is 0 Å². The molecular formula is C13H19NO2. The van der Waals surface area contributed by atoms with Crippen LogP contribution in [0.4, 0.5) is 0 Å². The van der Waals surface area contributed by atoms with E-state index in [1.165, 1.54) is 0 Å². The van der Waals surface area contributed by atoms with E-state index in [1.54, 1.807) is 0 Å². The summed E-state index contributed by atoms with van der Waals surface area (Å²) < 4.78 is 0. The first-order chi connectivity index (χ1) is 7.54. The predicted octanol–water partition coefficient (Wildman–Crippen LogP) is 1.80. The Hall–Kier alpha value is -1.35. The Kier molecular flexibility index (Phi) is 4.50. The molecule has 3 heteroatoms. The van der Waals surface area contributed by atoms with Gasteiger partial charge in [-0.25, -0.2) is 0 Å². The SMILES string of the molecule is Cc1cccc(C(CO)NC(=O)C(C)C)c1. The summed E-state index contributed by atoms with van der Waals surface area (Å²) in [5.74, 6) is -0.112. The van der Waals surface area contributed by atoms with Gasteiger partial charge in [-0.1, -0.05) is 43.7 Å². The van der Waals surface area contributed by atoms with Crippen LogP contribution in [-0.2, 0) is 4.79 Å². The van der Waals surface area contributed by atoms with Gasteiger partial charge in [0, 0.05) is 5.92 Å². The molecule has 0 spiro atoms. The number of hydrogen-bond donors (Lipinski definition) is 2. The summed E-state index contributed by atoms with van der Waals surface area (Å²) in [4.78, 5) is 11.5. The van der Waals surface area contributed by atoms with Gasteiger partial charge >= 0.3 is 0 Å². The number of benzene rings is 1. The third-order valence-electron chi connectivity index (χ3n) is 2.47. The smallest absolute Gasteiger partial charge is 0.223 e. The number of carbonyl (C=O) groups is 1. The Labute approximate surface area is 96.5 Å². The number of hydrogen-bond acceptors (Lipinski definition) is 2. The lowest BCUT2D eigenvalue weighted by atomic mass is 10.0. The lowest BCUT2D eigenvalue weighted by Gasteiger charge is -2.18. The van der Waals surface area contributed by atoms with E-state index < -0.39 is 0 Å². The molecule has 0 aromatic heterocycles. The van der Waals surface area contributed by atoms with Crippen molar-refractivity contribution in [2.75, 3.05) is 6.61 Å². The Morgan fingerprint density at radius 2 is 2.12 bits per heavy atom. The number of rotatable bonds is 4. The van der Waals surface area contributed by atoms with Gasteiger partial charge in [-0.3, -0.25) is 4.79 Å². The number of carbonyl (C=O) groups excluding carboxylic acids is 1. The minimum absolute atomic E-state index is 0.0412. The van der Waals surface area contributed by atoms with E-state index in [4.69, 9.17) is 0 Å². The van der Waals surface area contributed by atoms with Crippen LogP contribution in [0.2, 0.25) is 0 Å². The van der Waals surface area contributed by atoms with Crippen molar-refractivity contribution < 1.29 is 9.90 Å². The standard InChI is InChI=1S/C13H19NO2/c1-9(2)13(16)14-12(8-15)11-6-4-5-10(3)7-11/h4-7,9,12,15H,8H2,1-3H3,(H,14,16). The molecule has 3 nitrogen and oxygen atoms in total. The van der Waals surface area contributed by atoms with Crippen LogP contribution in [0.25, 0.3) is 0 Å². The molecule has 0 bridgehead atoms. The molecule has 16 heavy (non-hydrogen) atoms. The van der Waals surface area contributed by atoms with Crippen LogP contribution in [0.3, 0.4) is 0 Å². The zero-order chi connectivity index (χ0) is 12.1. The zero-order valence-electron chi connectivity index (χ0n) is 10.0. The molecule has 0 radical (unpaired) electrons. The normalized spacial score (nSPS) is 12.6. The maximum absolute atomic E-state index is 11.5. The first-order valence-corrected chi connectivity index (χ1v) is 5.52. The first kappa shape index (κ1) is 12.7. The van der Waals surface area contributed by atoms with E-state index >= 15 is 0 Å². The van der Waals surface area contributed by atoms with E-state index in [0.29, 0.717) is 0 Å². The molecule has 0 saturated carbocycles. The fourth-order valence-corrected chi connectivity index (χ4v) is 1.46. The molecule has 1 unspecified atom stereocenters. The molecule has 2 N–H and O–H groups in total. The number of aliphatic hydroxyl groups is 1. The summed E-state index contributed by atoms with van der Waals surface area (Å²) in [5, 5.41) is 12.1. The minimum atomic E-state index is -0.310. The lowest BCUT2D eigenvalue weighted by molar-refractivity contribution is -0.125. The van der Waals surface area contributed by atoms with E-state index in [0.717, 1.165) is 11.1 Å². The average molecular weight is 221 g/mol. The molecule has 0 heterocycles. The fraction of sp³-hybridized carbons (Fsp3) is 0.462. The second-order valence-corrected chi connectivity index (χ2v) is 4.31. The van der Waals surface area contributed by atoms with E-state index in [1.807, 2.05) is 45.0 Å². The Bertz CT molecular complexity index is 361. The molecule has 1 rings (SSSR count). The van der Waals surface area contributed by atoms with E-state index in [-0.39, 0.29) is 24.5 Å². The van der Waals surface area contributed by atoms with E-state index in [2.05, 4.69) is 5.32 Å². The van der Waals surface area contributed by atoms with Crippen molar-refractivity contribution in [1.82, 2.24) is 5.32 Å². The third kappa shape index (κ3) is 3.35. The maximum Gasteiger partial charge on any atom is 0.223 e. The highest BCUT2D eigenvalue weighted by Gasteiger charge is 2.15. The van der Waals surface area contributed by atoms with Crippen molar-refractivity contribution in [3.8, 4) is 0 Å². The molecule has 0 saturated heterocycles. The highest BCUT2D eigenvalue weighted by Crippen LogP contribution is 2.14. The Morgan fingerprint density at radius 3 is 2.62 bits per heavy atom. The zero-order valence-corrected chi connectivity index (χ0v) is 10.0. The van der Waals surface area contributed by atoms with Crippen molar-refractivity contribution in [2.24, 2.45) is 5.92 Å². The molecule has 0 aliphatic carbocycles. The van der Waals surface area contributed by atoms with Gasteiger partial charge in [-0.05, 0) is 12.5 Å². The highest BCUT2D eigenvalue weighted by molar-refractivity contribution is 5.78. The summed E-state index contributed by atoms with van der Waals surface area (Å²) in [6.45, 7) is 5.57. The van der Waals surface area contributed by atoms with Crippen molar-refractivity contribution in [3.63, 3.8) is 0 Å². The molecule has 0 aliphatic heterocycles. The molecule has 1 aromatic carbocycles. The maximum atomic E-state index is 11.5. The molecule has 0 fully saturated rings. The molecule has 1 amide bonds. The monoisotopic (exact) mass is 221 g/mol. The van der Waals surface area contributed by atoms with Crippen LogP contribution >= 0.6 is 0 Å². The van der Waals surface area contributed by atoms with Crippen molar-refractivity contribution in [1.29, 1.82) is 0 Å². The molecule has 0 aliphatic rings. The number of amides is 1. The number of nitrogens with one attached hydrogen (secondary N) is 1. The fourth-order valence-electron chi connectivity index (χ4n) is 1.46. The van der Waals surface area contributed by atoms with Crippen LogP contribution in [-0.4, -0.2) is 17.6 Å². The molecule has 88 valence electrons. The second kappa shape index (κ2) is 5.66. The van der Waals surface area contributed by atoms with Crippen LogP contribution in [0.15, 0.2) is 24.3 Å². The molecular weight excluding hydrogens is 202 g/mol. The molecule has 1 aromatic rings. The summed E-state index contributed by atoms with van der Waals surface area (Å²) >= 11 is 0. The topological polar surface area (TPSA) is 49.3 Å². The summed E-state index contributed by atoms with van der Waals surface area (Å²) in [7, 11) is 0. The van der Waals surface area contributed by atoms with Crippen LogP contribution < -0.4 is 5.32 Å². The van der Waals surface area contributed by atoms with Gasteiger partial charge in [0.25, 0.3) is 0 Å². The summed E-state index contributed by atoms with van der Waals surface area (Å²) in [6, 6.07) is 7.49. The average Bonchev–Trinajstić information content (AvgIpc) is 2.25. The highest BCUT2D eigenvalue weighted by atomic mass is 16.3. The number of aliphatic hydroxyl groups excluding tert-OH is 1. The number of aryl methyl sites for hydroxylation is 1. The summed E-state index contributed by atoms with van der Waals surface area (Å²) in [5.41, 5.74) is 2.06. The summed E-state index contributed by atoms with van der Waals surface area (Å²) in [6.07, 6.45) is 0. The van der Waals surface area contributed by atoms with Gasteiger partial charge in [-0.15, -0.1) is 0 Å². The van der Waals surface area contributed by atoms with Gasteiger partial charge in [0.05, 0.1) is 12.6 Å². The van der Waals surface area contributed by atoms with Crippen molar-refractivity contribution in [3.05, 3.63) is 35.4 Å². The van der Waals surface area contributed by atoms with Crippen molar-refractivity contribution in [2.45, 2.75) is 26.8 Å². The lowest BCUT2D eigenvalue weighted by Crippen LogP contribution is -2.33. The van der Waals surface area contributed by atoms with Crippen molar-refractivity contribution >= 4 is 5.91 Å². The first-order valence-electron chi connectivity index (χ1n) is 5.52. The van der Waals surface area contributed by atoms with Gasteiger partial charge < -0.3 is 10.4 Å². The Morgan fingerprint density at radius 1 is 1.44 bits per heavy atom. The van der Waals surface area contributed by atoms with Crippen LogP contribution in [0, 0.1) is 12.8 Å². The second-order valence-electron chi connectivity index (χ2n) is 4.31. The van der Waals surface area contributed by atoms with Gasteiger partial charge in [0.2, 0.25) is 5.91 Å². The largest absolute Gasteiger partial charge is 0.394 e. The van der Waals surface area contributed by atoms with Gasteiger partial charge in [-0.2, -0.15) is 0 Å². The minimum Gasteiger partial charge on any atom is -0.394 e. The molecule has 1 atom stereocenters. The quantitative estimate of drug-likeness (QED) is 0.814. The Balaban J connectivity index is 2.78.